The van der Waals surface area contributed by atoms with Gasteiger partial charge in [0, 0.05) is 44.6 Å². The fraction of sp³-hybridized carbons (Fsp3) is 0.407. The summed E-state index contributed by atoms with van der Waals surface area (Å²) in [6, 6.07) is 14.8. The van der Waals surface area contributed by atoms with E-state index in [1.807, 2.05) is 16.3 Å². The number of rotatable bonds is 8. The monoisotopic (exact) mass is 492 g/mol. The highest BCUT2D eigenvalue weighted by Gasteiger charge is 2.24. The molecule has 1 fully saturated rings. The van der Waals surface area contributed by atoms with Gasteiger partial charge in [-0.1, -0.05) is 42.8 Å². The minimum absolute atomic E-state index is 0.0455. The normalized spacial score (nSPS) is 15.7. The van der Waals surface area contributed by atoms with E-state index >= 15 is 0 Å². The second kappa shape index (κ2) is 10.8. The number of hydrogen-bond donors (Lipinski definition) is 0. The second-order valence-corrected chi connectivity index (χ2v) is 10.1. The van der Waals surface area contributed by atoms with E-state index in [-0.39, 0.29) is 12.7 Å². The molecule has 0 bridgehead atoms. The molecule has 0 unspecified atom stereocenters. The van der Waals surface area contributed by atoms with E-state index in [0.29, 0.717) is 12.2 Å². The first-order valence-electron chi connectivity index (χ1n) is 12.2. The standard InChI is InChI=1S/C27H32N4O3S/c1-3-29-10-12-31(13-11-29)27(32)23-18-35-26(28-23)17-30(15-21-6-4-20(2)5-7-21)16-22-8-9-24-25(14-22)34-19-33-24/h4-9,14,18H,3,10-13,15-17,19H2,1-2H3. The molecule has 2 aliphatic heterocycles. The number of benzene rings is 2. The van der Waals surface area contributed by atoms with Crippen molar-refractivity contribution < 1.29 is 14.3 Å². The lowest BCUT2D eigenvalue weighted by Crippen LogP contribution is -2.48. The van der Waals surface area contributed by atoms with Gasteiger partial charge in [0.05, 0.1) is 6.54 Å². The third-order valence-corrected chi connectivity index (χ3v) is 7.44. The Labute approximate surface area is 210 Å². The molecule has 184 valence electrons. The molecule has 0 radical (unpaired) electrons. The zero-order chi connectivity index (χ0) is 24.2. The average molecular weight is 493 g/mol. The molecule has 1 aromatic heterocycles. The third kappa shape index (κ3) is 5.83. The number of hydrogen-bond acceptors (Lipinski definition) is 7. The summed E-state index contributed by atoms with van der Waals surface area (Å²) in [7, 11) is 0. The van der Waals surface area contributed by atoms with E-state index in [9.17, 15) is 4.79 Å². The van der Waals surface area contributed by atoms with Crippen LogP contribution in [0.3, 0.4) is 0 Å². The summed E-state index contributed by atoms with van der Waals surface area (Å²) in [6.07, 6.45) is 0. The third-order valence-electron chi connectivity index (χ3n) is 6.61. The maximum absolute atomic E-state index is 13.0. The molecule has 1 saturated heterocycles. The van der Waals surface area contributed by atoms with E-state index in [2.05, 4.69) is 60.0 Å². The molecule has 0 spiro atoms. The lowest BCUT2D eigenvalue weighted by Gasteiger charge is -2.33. The molecular formula is C27H32N4O3S. The molecule has 35 heavy (non-hydrogen) atoms. The van der Waals surface area contributed by atoms with Crippen LogP contribution in [0.15, 0.2) is 47.8 Å². The predicted molar refractivity (Wildman–Crippen MR) is 137 cm³/mol. The second-order valence-electron chi connectivity index (χ2n) is 9.17. The molecule has 2 aliphatic rings. The van der Waals surface area contributed by atoms with Crippen LogP contribution in [-0.2, 0) is 19.6 Å². The molecule has 0 N–H and O–H groups in total. The van der Waals surface area contributed by atoms with Crippen LogP contribution in [-0.4, -0.2) is 65.1 Å². The van der Waals surface area contributed by atoms with Crippen molar-refractivity contribution in [2.45, 2.75) is 33.5 Å². The van der Waals surface area contributed by atoms with Gasteiger partial charge in [-0.25, -0.2) is 4.98 Å². The van der Waals surface area contributed by atoms with Gasteiger partial charge in [-0.3, -0.25) is 9.69 Å². The fourth-order valence-corrected chi connectivity index (χ4v) is 5.33. The first-order valence-corrected chi connectivity index (χ1v) is 13.1. The molecule has 0 atom stereocenters. The smallest absolute Gasteiger partial charge is 0.273 e. The number of likely N-dealkylation sites (N-methyl/N-ethyl adjacent to an activating group) is 1. The van der Waals surface area contributed by atoms with Gasteiger partial charge in [0.25, 0.3) is 5.91 Å². The molecule has 3 aromatic rings. The van der Waals surface area contributed by atoms with Crippen molar-refractivity contribution in [1.82, 2.24) is 19.7 Å². The van der Waals surface area contributed by atoms with Crippen molar-refractivity contribution in [3.63, 3.8) is 0 Å². The van der Waals surface area contributed by atoms with Gasteiger partial charge in [-0.15, -0.1) is 11.3 Å². The Hall–Kier alpha value is -2.94. The summed E-state index contributed by atoms with van der Waals surface area (Å²) in [5.74, 6) is 1.63. The molecule has 8 heteroatoms. The van der Waals surface area contributed by atoms with Gasteiger partial charge in [-0.2, -0.15) is 0 Å². The number of ether oxygens (including phenoxy) is 2. The molecular weight excluding hydrogens is 460 g/mol. The minimum Gasteiger partial charge on any atom is -0.454 e. The Kier molecular flexibility index (Phi) is 7.32. The maximum Gasteiger partial charge on any atom is 0.273 e. The van der Waals surface area contributed by atoms with Crippen molar-refractivity contribution in [3.05, 3.63) is 75.2 Å². The van der Waals surface area contributed by atoms with Crippen molar-refractivity contribution in [1.29, 1.82) is 0 Å². The van der Waals surface area contributed by atoms with Gasteiger partial charge in [0.1, 0.15) is 10.7 Å². The van der Waals surface area contributed by atoms with Crippen molar-refractivity contribution in [2.24, 2.45) is 0 Å². The molecule has 0 saturated carbocycles. The SMILES string of the molecule is CCN1CCN(C(=O)c2csc(CN(Cc3ccc(C)cc3)Cc3ccc4c(c3)OCO4)n2)CC1. The number of carbonyl (C=O) groups is 1. The van der Waals surface area contributed by atoms with Crippen LogP contribution in [0, 0.1) is 6.92 Å². The van der Waals surface area contributed by atoms with E-state index in [4.69, 9.17) is 14.5 Å². The number of aryl methyl sites for hydroxylation is 1. The van der Waals surface area contributed by atoms with Crippen LogP contribution in [0.25, 0.3) is 0 Å². The molecule has 7 nitrogen and oxygen atoms in total. The Bertz CT molecular complexity index is 1160. The van der Waals surface area contributed by atoms with Crippen LogP contribution >= 0.6 is 11.3 Å². The van der Waals surface area contributed by atoms with Gasteiger partial charge >= 0.3 is 0 Å². The summed E-state index contributed by atoms with van der Waals surface area (Å²) < 4.78 is 11.0. The quantitative estimate of drug-likeness (QED) is 0.471. The van der Waals surface area contributed by atoms with Gasteiger partial charge in [-0.05, 0) is 36.7 Å². The number of aromatic nitrogens is 1. The zero-order valence-electron chi connectivity index (χ0n) is 20.4. The van der Waals surface area contributed by atoms with Crippen LogP contribution in [0.2, 0.25) is 0 Å². The van der Waals surface area contributed by atoms with Crippen LogP contribution in [0.4, 0.5) is 0 Å². The molecule has 5 rings (SSSR count). The van der Waals surface area contributed by atoms with Crippen LogP contribution in [0.1, 0.15) is 39.1 Å². The van der Waals surface area contributed by atoms with Crippen LogP contribution in [0.5, 0.6) is 11.5 Å². The van der Waals surface area contributed by atoms with Gasteiger partial charge < -0.3 is 19.3 Å². The van der Waals surface area contributed by atoms with Crippen molar-refractivity contribution in [2.75, 3.05) is 39.5 Å². The Balaban J connectivity index is 1.29. The van der Waals surface area contributed by atoms with Crippen LogP contribution < -0.4 is 9.47 Å². The van der Waals surface area contributed by atoms with E-state index in [0.717, 1.165) is 67.9 Å². The number of nitrogens with zero attached hydrogens (tertiary/aromatic N) is 4. The Morgan fingerprint density at radius 3 is 2.46 bits per heavy atom. The lowest BCUT2D eigenvalue weighted by atomic mass is 10.1. The summed E-state index contributed by atoms with van der Waals surface area (Å²) in [5.41, 5.74) is 4.22. The molecule has 0 aliphatic carbocycles. The fourth-order valence-electron chi connectivity index (χ4n) is 4.52. The molecule has 1 amide bonds. The number of amides is 1. The van der Waals surface area contributed by atoms with Gasteiger partial charge in [0.2, 0.25) is 6.79 Å². The topological polar surface area (TPSA) is 58.1 Å². The highest BCUT2D eigenvalue weighted by molar-refractivity contribution is 7.09. The first-order chi connectivity index (χ1) is 17.1. The van der Waals surface area contributed by atoms with E-state index in [1.54, 1.807) is 11.3 Å². The van der Waals surface area contributed by atoms with Gasteiger partial charge in [0.15, 0.2) is 11.5 Å². The lowest BCUT2D eigenvalue weighted by molar-refractivity contribution is 0.0638. The van der Waals surface area contributed by atoms with Crippen molar-refractivity contribution in [3.8, 4) is 11.5 Å². The number of carbonyl (C=O) groups excluding carboxylic acids is 1. The summed E-state index contributed by atoms with van der Waals surface area (Å²) in [5, 5.41) is 2.86. The highest BCUT2D eigenvalue weighted by Crippen LogP contribution is 2.33. The molecule has 2 aromatic carbocycles. The average Bonchev–Trinajstić information content (AvgIpc) is 3.54. The maximum atomic E-state index is 13.0. The highest BCUT2D eigenvalue weighted by atomic mass is 32.1. The van der Waals surface area contributed by atoms with E-state index < -0.39 is 0 Å². The summed E-state index contributed by atoms with van der Waals surface area (Å²) >= 11 is 1.56. The van der Waals surface area contributed by atoms with Crippen molar-refractivity contribution >= 4 is 17.2 Å². The summed E-state index contributed by atoms with van der Waals surface area (Å²) in [6.45, 7) is 11.2. The largest absolute Gasteiger partial charge is 0.454 e. The molecule has 3 heterocycles. The predicted octanol–water partition coefficient (Wildman–Crippen LogP) is 4.16. The van der Waals surface area contributed by atoms with E-state index in [1.165, 1.54) is 11.1 Å². The Morgan fingerprint density at radius 1 is 0.971 bits per heavy atom. The number of fused-ring (bicyclic) bond motifs is 1. The number of thiazole rings is 1. The minimum atomic E-state index is 0.0455. The Morgan fingerprint density at radius 2 is 1.69 bits per heavy atom. The number of piperazine rings is 1. The first kappa shape index (κ1) is 23.8. The zero-order valence-corrected chi connectivity index (χ0v) is 21.2. The summed E-state index contributed by atoms with van der Waals surface area (Å²) in [4.78, 5) is 24.4.